The molecule has 0 aromatic heterocycles. The minimum atomic E-state index is 0.217. The smallest absolute Gasteiger partial charge is 0.0573 e. The summed E-state index contributed by atoms with van der Waals surface area (Å²) in [5.41, 5.74) is 5.80. The summed E-state index contributed by atoms with van der Waals surface area (Å²) >= 11 is 0. The predicted octanol–water partition coefficient (Wildman–Crippen LogP) is -1.70. The molecular formula is C4H11N3O. The Morgan fingerprint density at radius 3 is 3.00 bits per heavy atom. The predicted molar refractivity (Wildman–Crippen MR) is 29.8 cm³/mol. The van der Waals surface area contributed by atoms with Gasteiger partial charge in [0, 0.05) is 19.6 Å². The van der Waals surface area contributed by atoms with Crippen molar-refractivity contribution in [3.63, 3.8) is 0 Å². The summed E-state index contributed by atoms with van der Waals surface area (Å²) in [5.74, 6) is 0. The third-order valence-electron chi connectivity index (χ3n) is 1.11. The van der Waals surface area contributed by atoms with Gasteiger partial charge in [-0.3, -0.25) is 0 Å². The zero-order chi connectivity index (χ0) is 5.82. The van der Waals surface area contributed by atoms with Gasteiger partial charge in [0.15, 0.2) is 0 Å². The van der Waals surface area contributed by atoms with Gasteiger partial charge in [-0.05, 0) is 0 Å². The molecular weight excluding hydrogens is 106 g/mol. The Morgan fingerprint density at radius 1 is 1.62 bits per heavy atom. The maximum atomic E-state index is 8.42. The van der Waals surface area contributed by atoms with Crippen molar-refractivity contribution in [3.05, 3.63) is 0 Å². The van der Waals surface area contributed by atoms with Gasteiger partial charge in [0.2, 0.25) is 0 Å². The lowest BCUT2D eigenvalue weighted by atomic mass is 10.6. The molecule has 1 saturated heterocycles. The SMILES string of the molecule is OCCN1CCNN1. The summed E-state index contributed by atoms with van der Waals surface area (Å²) in [6.45, 7) is 2.85. The average molecular weight is 117 g/mol. The summed E-state index contributed by atoms with van der Waals surface area (Å²) in [4.78, 5) is 0. The van der Waals surface area contributed by atoms with Gasteiger partial charge in [0.1, 0.15) is 0 Å². The van der Waals surface area contributed by atoms with E-state index >= 15 is 0 Å². The van der Waals surface area contributed by atoms with Gasteiger partial charge >= 0.3 is 0 Å². The summed E-state index contributed by atoms with van der Waals surface area (Å²) in [5, 5.41) is 10.3. The molecule has 0 radical (unpaired) electrons. The van der Waals surface area contributed by atoms with E-state index in [9.17, 15) is 0 Å². The number of aliphatic hydroxyl groups excluding tert-OH is 1. The molecule has 4 heteroatoms. The first kappa shape index (κ1) is 5.97. The van der Waals surface area contributed by atoms with Crippen LogP contribution in [0.4, 0.5) is 0 Å². The second-order valence-electron chi connectivity index (χ2n) is 1.75. The van der Waals surface area contributed by atoms with E-state index in [2.05, 4.69) is 11.0 Å². The van der Waals surface area contributed by atoms with Gasteiger partial charge in [-0.1, -0.05) is 0 Å². The lowest BCUT2D eigenvalue weighted by molar-refractivity contribution is 0.172. The molecule has 48 valence electrons. The van der Waals surface area contributed by atoms with Crippen molar-refractivity contribution >= 4 is 0 Å². The molecule has 0 saturated carbocycles. The molecule has 1 aliphatic heterocycles. The molecule has 8 heavy (non-hydrogen) atoms. The van der Waals surface area contributed by atoms with E-state index in [4.69, 9.17) is 5.11 Å². The monoisotopic (exact) mass is 117 g/mol. The second-order valence-corrected chi connectivity index (χ2v) is 1.75. The average Bonchev–Trinajstić information content (AvgIpc) is 2.19. The lowest BCUT2D eigenvalue weighted by Crippen LogP contribution is -2.37. The largest absolute Gasteiger partial charge is 0.395 e. The van der Waals surface area contributed by atoms with Crippen LogP contribution in [-0.2, 0) is 0 Å². The van der Waals surface area contributed by atoms with Crippen LogP contribution in [0.25, 0.3) is 0 Å². The van der Waals surface area contributed by atoms with Crippen molar-refractivity contribution in [2.75, 3.05) is 26.2 Å². The van der Waals surface area contributed by atoms with Crippen molar-refractivity contribution in [1.82, 2.24) is 16.0 Å². The highest BCUT2D eigenvalue weighted by molar-refractivity contribution is 4.56. The van der Waals surface area contributed by atoms with Gasteiger partial charge in [-0.25, -0.2) is 10.4 Å². The van der Waals surface area contributed by atoms with Crippen molar-refractivity contribution < 1.29 is 5.11 Å². The molecule has 0 aliphatic carbocycles. The Hall–Kier alpha value is -0.160. The van der Waals surface area contributed by atoms with E-state index in [0.29, 0.717) is 6.54 Å². The number of hydrazine groups is 2. The highest BCUT2D eigenvalue weighted by Gasteiger charge is 2.07. The Bertz CT molecular complexity index is 62.3. The van der Waals surface area contributed by atoms with Crippen molar-refractivity contribution in [3.8, 4) is 0 Å². The van der Waals surface area contributed by atoms with E-state index in [-0.39, 0.29) is 6.61 Å². The zero-order valence-corrected chi connectivity index (χ0v) is 4.72. The second kappa shape index (κ2) is 2.99. The van der Waals surface area contributed by atoms with E-state index in [1.807, 2.05) is 5.01 Å². The Balaban J connectivity index is 2.06. The van der Waals surface area contributed by atoms with Crippen LogP contribution in [-0.4, -0.2) is 36.4 Å². The first-order chi connectivity index (χ1) is 3.93. The Morgan fingerprint density at radius 2 is 2.50 bits per heavy atom. The van der Waals surface area contributed by atoms with Crippen LogP contribution >= 0.6 is 0 Å². The third-order valence-corrected chi connectivity index (χ3v) is 1.11. The van der Waals surface area contributed by atoms with Gasteiger partial charge in [-0.2, -0.15) is 5.53 Å². The number of hydrogen-bond donors (Lipinski definition) is 3. The fourth-order valence-electron chi connectivity index (χ4n) is 0.703. The normalized spacial score (nSPS) is 22.1. The van der Waals surface area contributed by atoms with Crippen molar-refractivity contribution in [2.24, 2.45) is 0 Å². The molecule has 0 aromatic carbocycles. The molecule has 1 rings (SSSR count). The third kappa shape index (κ3) is 1.41. The fraction of sp³-hybridized carbons (Fsp3) is 1.00. The number of nitrogens with zero attached hydrogens (tertiary/aromatic N) is 1. The summed E-state index contributed by atoms with van der Waals surface area (Å²) in [7, 11) is 0. The number of aliphatic hydroxyl groups is 1. The summed E-state index contributed by atoms with van der Waals surface area (Å²) in [6.07, 6.45) is 0. The summed E-state index contributed by atoms with van der Waals surface area (Å²) < 4.78 is 0. The maximum absolute atomic E-state index is 8.42. The fourth-order valence-corrected chi connectivity index (χ4v) is 0.703. The molecule has 0 aromatic rings. The highest BCUT2D eigenvalue weighted by atomic mass is 16.3. The Kier molecular flexibility index (Phi) is 2.23. The summed E-state index contributed by atoms with van der Waals surface area (Å²) in [6, 6.07) is 0. The van der Waals surface area contributed by atoms with Crippen LogP contribution < -0.4 is 11.0 Å². The van der Waals surface area contributed by atoms with Gasteiger partial charge in [0.05, 0.1) is 6.61 Å². The van der Waals surface area contributed by atoms with Crippen molar-refractivity contribution in [1.29, 1.82) is 0 Å². The van der Waals surface area contributed by atoms with E-state index < -0.39 is 0 Å². The van der Waals surface area contributed by atoms with Crippen LogP contribution in [0.15, 0.2) is 0 Å². The number of hydrogen-bond acceptors (Lipinski definition) is 4. The van der Waals surface area contributed by atoms with E-state index in [0.717, 1.165) is 13.1 Å². The molecule has 1 fully saturated rings. The quantitative estimate of drug-likeness (QED) is 0.403. The molecule has 3 N–H and O–H groups in total. The van der Waals surface area contributed by atoms with Crippen LogP contribution in [0.2, 0.25) is 0 Å². The molecule has 1 heterocycles. The number of rotatable bonds is 2. The molecule has 4 nitrogen and oxygen atoms in total. The van der Waals surface area contributed by atoms with Crippen LogP contribution in [0, 0.1) is 0 Å². The lowest BCUT2D eigenvalue weighted by Gasteiger charge is -2.10. The minimum absolute atomic E-state index is 0.217. The first-order valence-corrected chi connectivity index (χ1v) is 2.78. The zero-order valence-electron chi connectivity index (χ0n) is 4.72. The molecule has 0 unspecified atom stereocenters. The molecule has 0 bridgehead atoms. The van der Waals surface area contributed by atoms with Crippen LogP contribution in [0.1, 0.15) is 0 Å². The molecule has 0 amide bonds. The standard InChI is InChI=1S/C4H11N3O/c8-4-3-7-2-1-5-6-7/h5-6,8H,1-4H2. The van der Waals surface area contributed by atoms with Gasteiger partial charge < -0.3 is 5.11 Å². The number of β-amino-alcohol motifs (C(OH)–C–C–N with tert-alkyl or cyclic N) is 1. The first-order valence-electron chi connectivity index (χ1n) is 2.78. The highest BCUT2D eigenvalue weighted by Crippen LogP contribution is 1.82. The molecule has 1 aliphatic rings. The van der Waals surface area contributed by atoms with E-state index in [1.165, 1.54) is 0 Å². The maximum Gasteiger partial charge on any atom is 0.0573 e. The van der Waals surface area contributed by atoms with E-state index in [1.54, 1.807) is 0 Å². The van der Waals surface area contributed by atoms with Crippen LogP contribution in [0.3, 0.4) is 0 Å². The number of nitrogens with one attached hydrogen (secondary N) is 2. The molecule has 0 spiro atoms. The molecule has 0 atom stereocenters. The van der Waals surface area contributed by atoms with Crippen molar-refractivity contribution in [2.45, 2.75) is 0 Å². The topological polar surface area (TPSA) is 47.5 Å². The van der Waals surface area contributed by atoms with Crippen LogP contribution in [0.5, 0.6) is 0 Å². The van der Waals surface area contributed by atoms with Gasteiger partial charge in [0.25, 0.3) is 0 Å². The minimum Gasteiger partial charge on any atom is -0.395 e. The van der Waals surface area contributed by atoms with Gasteiger partial charge in [-0.15, -0.1) is 0 Å². The Labute approximate surface area is 48.4 Å².